The summed E-state index contributed by atoms with van der Waals surface area (Å²) in [5.41, 5.74) is 5.18. The van der Waals surface area contributed by atoms with Crippen molar-refractivity contribution in [3.63, 3.8) is 0 Å². The van der Waals surface area contributed by atoms with Gasteiger partial charge in [0.1, 0.15) is 5.75 Å². The molecule has 0 bridgehead atoms. The van der Waals surface area contributed by atoms with E-state index < -0.39 is 0 Å². The van der Waals surface area contributed by atoms with Crippen molar-refractivity contribution in [3.05, 3.63) is 64.2 Å². The molecular formula is C21H27NO2. The quantitative estimate of drug-likeness (QED) is 0.847. The Morgan fingerprint density at radius 2 is 1.75 bits per heavy atom. The summed E-state index contributed by atoms with van der Waals surface area (Å²) in [6.45, 7) is 10.4. The van der Waals surface area contributed by atoms with E-state index in [0.29, 0.717) is 11.5 Å². The summed E-state index contributed by atoms with van der Waals surface area (Å²) >= 11 is 0. The number of carbonyl (C=O) groups is 1. The van der Waals surface area contributed by atoms with Gasteiger partial charge in [-0.3, -0.25) is 4.79 Å². The van der Waals surface area contributed by atoms with E-state index in [0.717, 1.165) is 28.0 Å². The van der Waals surface area contributed by atoms with E-state index in [2.05, 4.69) is 38.2 Å². The molecule has 0 fully saturated rings. The van der Waals surface area contributed by atoms with Crippen LogP contribution in [-0.4, -0.2) is 13.0 Å². The molecule has 1 amide bonds. The van der Waals surface area contributed by atoms with E-state index in [1.165, 1.54) is 0 Å². The van der Waals surface area contributed by atoms with Gasteiger partial charge >= 0.3 is 0 Å². The monoisotopic (exact) mass is 325 g/mol. The van der Waals surface area contributed by atoms with Crippen LogP contribution in [-0.2, 0) is 0 Å². The lowest BCUT2D eigenvalue weighted by molar-refractivity contribution is 0.0939. The fourth-order valence-corrected chi connectivity index (χ4v) is 2.95. The fourth-order valence-electron chi connectivity index (χ4n) is 2.95. The van der Waals surface area contributed by atoms with Crippen molar-refractivity contribution < 1.29 is 9.53 Å². The van der Waals surface area contributed by atoms with Crippen molar-refractivity contribution >= 4 is 5.91 Å². The molecule has 0 heterocycles. The SMILES string of the molecule is COc1cc(C)c(C(C)NC(=O)c2cccc(C)c2)cc1C(C)C. The van der Waals surface area contributed by atoms with Crippen LogP contribution in [0.5, 0.6) is 5.75 Å². The van der Waals surface area contributed by atoms with Crippen molar-refractivity contribution in [2.75, 3.05) is 7.11 Å². The third-order valence-electron chi connectivity index (χ3n) is 4.33. The van der Waals surface area contributed by atoms with E-state index in [1.54, 1.807) is 7.11 Å². The molecular weight excluding hydrogens is 298 g/mol. The zero-order chi connectivity index (χ0) is 17.9. The Morgan fingerprint density at radius 1 is 1.04 bits per heavy atom. The average Bonchev–Trinajstić information content (AvgIpc) is 2.53. The third kappa shape index (κ3) is 3.97. The van der Waals surface area contributed by atoms with Gasteiger partial charge in [0.2, 0.25) is 0 Å². The van der Waals surface area contributed by atoms with Crippen LogP contribution in [0.4, 0.5) is 0 Å². The minimum atomic E-state index is -0.0681. The van der Waals surface area contributed by atoms with Crippen LogP contribution in [0.15, 0.2) is 36.4 Å². The van der Waals surface area contributed by atoms with Crippen LogP contribution in [0.25, 0.3) is 0 Å². The molecule has 0 spiro atoms. The Hall–Kier alpha value is -2.29. The molecule has 0 aliphatic rings. The number of amides is 1. The van der Waals surface area contributed by atoms with Crippen LogP contribution in [0.3, 0.4) is 0 Å². The lowest BCUT2D eigenvalue weighted by Gasteiger charge is -2.21. The molecule has 0 aliphatic heterocycles. The summed E-state index contributed by atoms with van der Waals surface area (Å²) in [7, 11) is 1.70. The van der Waals surface area contributed by atoms with Crippen LogP contribution in [0.2, 0.25) is 0 Å². The Kier molecular flexibility index (Phi) is 5.66. The summed E-state index contributed by atoms with van der Waals surface area (Å²) in [5, 5.41) is 3.10. The highest BCUT2D eigenvalue weighted by molar-refractivity contribution is 5.94. The summed E-state index contributed by atoms with van der Waals surface area (Å²) < 4.78 is 5.50. The van der Waals surface area contributed by atoms with E-state index >= 15 is 0 Å². The largest absolute Gasteiger partial charge is 0.496 e. The Bertz CT molecular complexity index is 735. The number of carbonyl (C=O) groups excluding carboxylic acids is 1. The molecule has 1 atom stereocenters. The van der Waals surface area contributed by atoms with Crippen molar-refractivity contribution in [2.24, 2.45) is 0 Å². The van der Waals surface area contributed by atoms with Gasteiger partial charge in [-0.1, -0.05) is 31.5 Å². The van der Waals surface area contributed by atoms with Crippen molar-refractivity contribution in [2.45, 2.75) is 46.6 Å². The molecule has 1 N–H and O–H groups in total. The number of methoxy groups -OCH3 is 1. The zero-order valence-electron chi connectivity index (χ0n) is 15.4. The molecule has 0 radical (unpaired) electrons. The van der Waals surface area contributed by atoms with Crippen LogP contribution >= 0.6 is 0 Å². The molecule has 2 rings (SSSR count). The van der Waals surface area contributed by atoms with Gasteiger partial charge in [-0.05, 0) is 67.6 Å². The summed E-state index contributed by atoms with van der Waals surface area (Å²) in [6, 6.07) is 11.8. The van der Waals surface area contributed by atoms with Crippen molar-refractivity contribution in [1.29, 1.82) is 0 Å². The fraction of sp³-hybridized carbons (Fsp3) is 0.381. The van der Waals surface area contributed by atoms with Crippen LogP contribution < -0.4 is 10.1 Å². The molecule has 24 heavy (non-hydrogen) atoms. The van der Waals surface area contributed by atoms with Gasteiger partial charge in [0.25, 0.3) is 5.91 Å². The lowest BCUT2D eigenvalue weighted by atomic mass is 9.93. The number of hydrogen-bond acceptors (Lipinski definition) is 2. The molecule has 0 saturated heterocycles. The van der Waals surface area contributed by atoms with Crippen molar-refractivity contribution in [1.82, 2.24) is 5.32 Å². The third-order valence-corrected chi connectivity index (χ3v) is 4.33. The lowest BCUT2D eigenvalue weighted by Crippen LogP contribution is -2.27. The number of nitrogens with one attached hydrogen (secondary N) is 1. The molecule has 1 unspecified atom stereocenters. The highest BCUT2D eigenvalue weighted by Crippen LogP contribution is 2.32. The van der Waals surface area contributed by atoms with E-state index in [4.69, 9.17) is 4.74 Å². The first-order valence-electron chi connectivity index (χ1n) is 8.39. The zero-order valence-corrected chi connectivity index (χ0v) is 15.4. The second kappa shape index (κ2) is 7.52. The smallest absolute Gasteiger partial charge is 0.251 e. The minimum Gasteiger partial charge on any atom is -0.496 e. The molecule has 0 aromatic heterocycles. The molecule has 2 aromatic carbocycles. The van der Waals surface area contributed by atoms with Gasteiger partial charge in [0.05, 0.1) is 13.2 Å². The highest BCUT2D eigenvalue weighted by atomic mass is 16.5. The molecule has 0 aliphatic carbocycles. The topological polar surface area (TPSA) is 38.3 Å². The number of aryl methyl sites for hydroxylation is 2. The second-order valence-corrected chi connectivity index (χ2v) is 6.67. The summed E-state index contributed by atoms with van der Waals surface area (Å²) in [4.78, 5) is 12.5. The van der Waals surface area contributed by atoms with Gasteiger partial charge in [-0.2, -0.15) is 0 Å². The predicted molar refractivity (Wildman–Crippen MR) is 98.9 cm³/mol. The van der Waals surface area contributed by atoms with Crippen molar-refractivity contribution in [3.8, 4) is 5.75 Å². The second-order valence-electron chi connectivity index (χ2n) is 6.67. The van der Waals surface area contributed by atoms with Gasteiger partial charge in [-0.15, -0.1) is 0 Å². The maximum Gasteiger partial charge on any atom is 0.251 e. The first kappa shape index (κ1) is 18.1. The standard InChI is InChI=1S/C21H27NO2/c1-13(2)18-12-19(15(4)11-20(18)24-6)16(5)22-21(23)17-9-7-8-14(3)10-17/h7-13,16H,1-6H3,(H,22,23). The Labute approximate surface area is 145 Å². The van der Waals surface area contributed by atoms with Gasteiger partial charge in [0.15, 0.2) is 0 Å². The molecule has 0 saturated carbocycles. The van der Waals surface area contributed by atoms with E-state index in [-0.39, 0.29) is 11.9 Å². The predicted octanol–water partition coefficient (Wildman–Crippen LogP) is 4.93. The number of ether oxygens (including phenoxy) is 1. The van der Waals surface area contributed by atoms with Gasteiger partial charge in [0, 0.05) is 5.56 Å². The first-order valence-corrected chi connectivity index (χ1v) is 8.39. The summed E-state index contributed by atoms with van der Waals surface area (Å²) in [5.74, 6) is 1.22. The average molecular weight is 325 g/mol. The Morgan fingerprint density at radius 3 is 2.33 bits per heavy atom. The number of hydrogen-bond donors (Lipinski definition) is 1. The highest BCUT2D eigenvalue weighted by Gasteiger charge is 2.17. The maximum absolute atomic E-state index is 12.5. The molecule has 3 nitrogen and oxygen atoms in total. The molecule has 3 heteroatoms. The van der Waals surface area contributed by atoms with Gasteiger partial charge < -0.3 is 10.1 Å². The molecule has 128 valence electrons. The van der Waals surface area contributed by atoms with E-state index in [9.17, 15) is 4.79 Å². The van der Waals surface area contributed by atoms with Gasteiger partial charge in [-0.25, -0.2) is 0 Å². The van der Waals surface area contributed by atoms with Crippen LogP contribution in [0, 0.1) is 13.8 Å². The number of rotatable bonds is 5. The first-order chi connectivity index (χ1) is 11.3. The normalized spacial score (nSPS) is 12.1. The summed E-state index contributed by atoms with van der Waals surface area (Å²) in [6.07, 6.45) is 0. The van der Waals surface area contributed by atoms with Crippen LogP contribution in [0.1, 0.15) is 65.3 Å². The van der Waals surface area contributed by atoms with E-state index in [1.807, 2.05) is 38.1 Å². The number of benzene rings is 2. The maximum atomic E-state index is 12.5. The minimum absolute atomic E-state index is 0.0486. The Balaban J connectivity index is 2.27. The molecule has 2 aromatic rings.